The van der Waals surface area contributed by atoms with E-state index in [1.807, 2.05) is 0 Å². The van der Waals surface area contributed by atoms with Gasteiger partial charge in [-0.2, -0.15) is 0 Å². The predicted octanol–water partition coefficient (Wildman–Crippen LogP) is 14.2. The summed E-state index contributed by atoms with van der Waals surface area (Å²) in [5.74, 6) is 1.82. The predicted molar refractivity (Wildman–Crippen MR) is 236 cm³/mol. The lowest BCUT2D eigenvalue weighted by Gasteiger charge is -2.13. The van der Waals surface area contributed by atoms with E-state index >= 15 is 0 Å². The summed E-state index contributed by atoms with van der Waals surface area (Å²) in [4.78, 5) is 15.9. The lowest BCUT2D eigenvalue weighted by Crippen LogP contribution is -2.01. The normalized spacial score (nSPS) is 11.9. The Bertz CT molecular complexity index is 3580. The first-order chi connectivity index (χ1) is 28.2. The number of furan rings is 1. The molecular formula is C53H31N3O. The molecule has 0 saturated heterocycles. The highest BCUT2D eigenvalue weighted by atomic mass is 16.3. The topological polar surface area (TPSA) is 51.8 Å². The van der Waals surface area contributed by atoms with Crippen LogP contribution in [0.2, 0.25) is 0 Å². The Kier molecular flexibility index (Phi) is 6.89. The maximum absolute atomic E-state index is 6.94. The Morgan fingerprint density at radius 2 is 0.825 bits per heavy atom. The number of rotatable bonds is 4. The lowest BCUT2D eigenvalue weighted by atomic mass is 9.94. The number of aromatic nitrogens is 3. The summed E-state index contributed by atoms with van der Waals surface area (Å²) in [6, 6.07) is 66.3. The van der Waals surface area contributed by atoms with Gasteiger partial charge in [0.15, 0.2) is 17.5 Å². The second-order valence-corrected chi connectivity index (χ2v) is 14.7. The molecule has 0 aliphatic carbocycles. The van der Waals surface area contributed by atoms with Gasteiger partial charge in [-0.05, 0) is 77.8 Å². The molecule has 57 heavy (non-hydrogen) atoms. The monoisotopic (exact) mass is 725 g/mol. The van der Waals surface area contributed by atoms with Gasteiger partial charge < -0.3 is 4.42 Å². The Labute approximate surface area is 327 Å². The average molecular weight is 726 g/mol. The minimum absolute atomic E-state index is 0.594. The van der Waals surface area contributed by atoms with Crippen LogP contribution in [0.25, 0.3) is 121 Å². The van der Waals surface area contributed by atoms with E-state index < -0.39 is 0 Å². The number of fused-ring (bicyclic) bond motifs is 11. The van der Waals surface area contributed by atoms with E-state index in [9.17, 15) is 0 Å². The van der Waals surface area contributed by atoms with Gasteiger partial charge in [0.05, 0.1) is 0 Å². The zero-order chi connectivity index (χ0) is 37.5. The van der Waals surface area contributed by atoms with Crippen LogP contribution in [0.1, 0.15) is 0 Å². The van der Waals surface area contributed by atoms with E-state index in [1.165, 1.54) is 21.7 Å². The Balaban J connectivity index is 1.14. The highest BCUT2D eigenvalue weighted by molar-refractivity contribution is 6.30. The first kappa shape index (κ1) is 31.6. The van der Waals surface area contributed by atoms with Crippen molar-refractivity contribution in [2.75, 3.05) is 0 Å². The van der Waals surface area contributed by atoms with Crippen LogP contribution in [0.3, 0.4) is 0 Å². The quantitative estimate of drug-likeness (QED) is 0.170. The van der Waals surface area contributed by atoms with Crippen molar-refractivity contribution in [2.24, 2.45) is 0 Å². The molecule has 4 heteroatoms. The van der Waals surface area contributed by atoms with E-state index in [0.29, 0.717) is 17.5 Å². The van der Waals surface area contributed by atoms with Crippen LogP contribution in [-0.2, 0) is 0 Å². The Morgan fingerprint density at radius 1 is 0.298 bits per heavy atom. The molecule has 264 valence electrons. The van der Waals surface area contributed by atoms with E-state index in [2.05, 4.69) is 188 Å². The molecule has 0 N–H and O–H groups in total. The van der Waals surface area contributed by atoms with Gasteiger partial charge in [-0.3, -0.25) is 0 Å². The molecule has 0 amide bonds. The molecule has 12 rings (SSSR count). The Hall–Kier alpha value is -7.69. The zero-order valence-electron chi connectivity index (χ0n) is 30.6. The van der Waals surface area contributed by atoms with Crippen LogP contribution in [0.5, 0.6) is 0 Å². The van der Waals surface area contributed by atoms with Crippen molar-refractivity contribution < 1.29 is 4.42 Å². The van der Waals surface area contributed by atoms with Crippen molar-refractivity contribution >= 4 is 75.8 Å². The molecule has 0 fully saturated rings. The van der Waals surface area contributed by atoms with E-state index in [0.717, 1.165) is 81.9 Å². The molecule has 0 atom stereocenters. The SMILES string of the molecule is c1ccc2cc(-c3nc(-c4ccc(-c5cccc6ccccc56)cc4)nc(-c4cc5ccc6ccccc6c5c5oc6ccc7ccccc7c6c45)n3)ccc2c1. The molecule has 4 nitrogen and oxygen atoms in total. The minimum Gasteiger partial charge on any atom is -0.455 e. The molecule has 0 unspecified atom stereocenters. The molecule has 2 heterocycles. The summed E-state index contributed by atoms with van der Waals surface area (Å²) >= 11 is 0. The van der Waals surface area contributed by atoms with Gasteiger partial charge in [-0.15, -0.1) is 0 Å². The molecule has 0 saturated carbocycles. The highest BCUT2D eigenvalue weighted by Gasteiger charge is 2.23. The zero-order valence-corrected chi connectivity index (χ0v) is 30.6. The summed E-state index contributed by atoms with van der Waals surface area (Å²) in [6.07, 6.45) is 0. The number of benzene rings is 10. The molecule has 0 radical (unpaired) electrons. The van der Waals surface area contributed by atoms with Gasteiger partial charge in [0.25, 0.3) is 0 Å². The van der Waals surface area contributed by atoms with Gasteiger partial charge in [0, 0.05) is 32.8 Å². The van der Waals surface area contributed by atoms with Crippen molar-refractivity contribution in [1.82, 2.24) is 15.0 Å². The fourth-order valence-electron chi connectivity index (χ4n) is 8.73. The fourth-order valence-corrected chi connectivity index (χ4v) is 8.73. The smallest absolute Gasteiger partial charge is 0.164 e. The first-order valence-electron chi connectivity index (χ1n) is 19.3. The van der Waals surface area contributed by atoms with Gasteiger partial charge >= 0.3 is 0 Å². The minimum atomic E-state index is 0.594. The van der Waals surface area contributed by atoms with Crippen LogP contribution in [0.15, 0.2) is 192 Å². The molecule has 0 aliphatic heterocycles. The molecular weight excluding hydrogens is 695 g/mol. The molecule has 0 aliphatic rings. The highest BCUT2D eigenvalue weighted by Crippen LogP contribution is 2.45. The number of hydrogen-bond acceptors (Lipinski definition) is 4. The van der Waals surface area contributed by atoms with E-state index in [1.54, 1.807) is 0 Å². The van der Waals surface area contributed by atoms with Crippen LogP contribution >= 0.6 is 0 Å². The van der Waals surface area contributed by atoms with Crippen LogP contribution in [0, 0.1) is 0 Å². The molecule has 10 aromatic carbocycles. The largest absolute Gasteiger partial charge is 0.455 e. The first-order valence-corrected chi connectivity index (χ1v) is 19.3. The third-order valence-corrected chi connectivity index (χ3v) is 11.5. The summed E-state index contributed by atoms with van der Waals surface area (Å²) < 4.78 is 6.94. The van der Waals surface area contributed by atoms with Crippen LogP contribution in [0.4, 0.5) is 0 Å². The molecule has 0 spiro atoms. The van der Waals surface area contributed by atoms with Gasteiger partial charge in [0.2, 0.25) is 0 Å². The fraction of sp³-hybridized carbons (Fsp3) is 0. The van der Waals surface area contributed by atoms with Crippen molar-refractivity contribution in [3.63, 3.8) is 0 Å². The van der Waals surface area contributed by atoms with E-state index in [4.69, 9.17) is 19.4 Å². The Morgan fingerprint density at radius 3 is 1.60 bits per heavy atom. The summed E-state index contributed by atoms with van der Waals surface area (Å²) in [6.45, 7) is 0. The number of nitrogens with zero attached hydrogens (tertiary/aromatic N) is 3. The van der Waals surface area contributed by atoms with Gasteiger partial charge in [-0.25, -0.2) is 15.0 Å². The van der Waals surface area contributed by atoms with Gasteiger partial charge in [-0.1, -0.05) is 170 Å². The third-order valence-electron chi connectivity index (χ3n) is 11.5. The second kappa shape index (κ2) is 12.4. The van der Waals surface area contributed by atoms with Crippen molar-refractivity contribution in [3.05, 3.63) is 188 Å². The molecule has 2 aromatic heterocycles. The maximum Gasteiger partial charge on any atom is 0.164 e. The van der Waals surface area contributed by atoms with Crippen molar-refractivity contribution in [1.29, 1.82) is 0 Å². The molecule has 12 aromatic rings. The number of hydrogen-bond donors (Lipinski definition) is 0. The lowest BCUT2D eigenvalue weighted by molar-refractivity contribution is 0.673. The van der Waals surface area contributed by atoms with Crippen LogP contribution in [-0.4, -0.2) is 15.0 Å². The van der Waals surface area contributed by atoms with E-state index in [-0.39, 0.29) is 0 Å². The third kappa shape index (κ3) is 5.04. The van der Waals surface area contributed by atoms with Crippen molar-refractivity contribution in [3.8, 4) is 45.3 Å². The van der Waals surface area contributed by atoms with Crippen molar-refractivity contribution in [2.45, 2.75) is 0 Å². The maximum atomic E-state index is 6.94. The average Bonchev–Trinajstić information content (AvgIpc) is 3.68. The standard InChI is InChI=1S/C53H31N3O/c1-2-14-38-30-40(27-20-32(38)10-1)52-54-51(37-24-21-36(22-25-37)42-19-9-15-33-11-3-6-16-41(33)42)55-53(56-52)45-31-39-26-23-34-12-4-7-17-43(34)47(39)50-49(45)48-44-18-8-5-13-35(44)28-29-46(48)57-50/h1-31H. The molecule has 0 bridgehead atoms. The summed E-state index contributed by atoms with van der Waals surface area (Å²) in [5.41, 5.74) is 6.74. The summed E-state index contributed by atoms with van der Waals surface area (Å²) in [7, 11) is 0. The second-order valence-electron chi connectivity index (χ2n) is 14.7. The van der Waals surface area contributed by atoms with Crippen LogP contribution < -0.4 is 0 Å². The van der Waals surface area contributed by atoms with Gasteiger partial charge in [0.1, 0.15) is 11.2 Å². The summed E-state index contributed by atoms with van der Waals surface area (Å²) in [5, 5.41) is 13.5.